The van der Waals surface area contributed by atoms with E-state index in [4.69, 9.17) is 0 Å². The van der Waals surface area contributed by atoms with E-state index in [0.717, 1.165) is 37.4 Å². The van der Waals surface area contributed by atoms with E-state index < -0.39 is 0 Å². The van der Waals surface area contributed by atoms with Gasteiger partial charge in [-0.15, -0.1) is 0 Å². The minimum atomic E-state index is 0.0667. The first kappa shape index (κ1) is 21.0. The Hall–Kier alpha value is -2.29. The van der Waals surface area contributed by atoms with Gasteiger partial charge in [-0.1, -0.05) is 0 Å². The summed E-state index contributed by atoms with van der Waals surface area (Å²) in [5, 5.41) is 5.84. The molecule has 0 unspecified atom stereocenters. The van der Waals surface area contributed by atoms with Gasteiger partial charge in [-0.2, -0.15) is 11.8 Å². The molecule has 0 aliphatic carbocycles. The van der Waals surface area contributed by atoms with Gasteiger partial charge < -0.3 is 19.8 Å². The number of carbonyl (C=O) groups excluding carboxylic acids is 2. The first-order valence-electron chi connectivity index (χ1n) is 9.26. The Morgan fingerprint density at radius 1 is 0.815 bits per heavy atom. The van der Waals surface area contributed by atoms with Crippen LogP contribution in [0.25, 0.3) is 0 Å². The lowest BCUT2D eigenvalue weighted by Gasteiger charge is -2.07. The second-order valence-electron chi connectivity index (χ2n) is 6.12. The second-order valence-corrected chi connectivity index (χ2v) is 7.35. The van der Waals surface area contributed by atoms with Crippen LogP contribution in [0.5, 0.6) is 0 Å². The maximum Gasteiger partial charge on any atom is 0.220 e. The lowest BCUT2D eigenvalue weighted by Crippen LogP contribution is -2.26. The lowest BCUT2D eigenvalue weighted by atomic mass is 10.4. The molecule has 0 atom stereocenters. The zero-order chi connectivity index (χ0) is 19.2. The molecule has 0 saturated carbocycles. The van der Waals surface area contributed by atoms with E-state index in [9.17, 15) is 9.59 Å². The van der Waals surface area contributed by atoms with Crippen LogP contribution >= 0.6 is 11.8 Å². The van der Waals surface area contributed by atoms with Gasteiger partial charge in [-0.25, -0.2) is 9.97 Å². The van der Waals surface area contributed by atoms with Gasteiger partial charge in [0.15, 0.2) is 0 Å². The fraction of sp³-hybridized carbons (Fsp3) is 0.556. The fourth-order valence-corrected chi connectivity index (χ4v) is 3.29. The number of hydrogen-bond acceptors (Lipinski definition) is 5. The maximum atomic E-state index is 11.7. The predicted molar refractivity (Wildman–Crippen MR) is 106 cm³/mol. The molecule has 0 radical (unpaired) electrons. The van der Waals surface area contributed by atoms with E-state index in [2.05, 4.69) is 20.6 Å². The first-order chi connectivity index (χ1) is 13.2. The van der Waals surface area contributed by atoms with Crippen LogP contribution in [-0.2, 0) is 22.7 Å². The van der Waals surface area contributed by atoms with Crippen LogP contribution in [0.15, 0.2) is 37.4 Å². The molecule has 2 aromatic heterocycles. The molecule has 148 valence electrons. The minimum Gasteiger partial charge on any atom is -0.356 e. The second kappa shape index (κ2) is 13.0. The summed E-state index contributed by atoms with van der Waals surface area (Å²) in [6.45, 7) is 3.05. The molecule has 2 rings (SSSR count). The summed E-state index contributed by atoms with van der Waals surface area (Å²) in [5.74, 6) is 1.61. The number of aryl methyl sites for hydroxylation is 2. The summed E-state index contributed by atoms with van der Waals surface area (Å²) in [7, 11) is 0. The molecule has 2 aromatic rings. The smallest absolute Gasteiger partial charge is 0.220 e. The molecular formula is C18H28N6O2S. The van der Waals surface area contributed by atoms with Gasteiger partial charge >= 0.3 is 0 Å². The number of imidazole rings is 2. The summed E-state index contributed by atoms with van der Waals surface area (Å²) in [4.78, 5) is 31.4. The standard InChI is InChI=1S/C18H28N6O2S/c25-17(21-5-1-9-23-11-7-19-15-23)3-13-27-14-4-18(26)22-6-2-10-24-12-8-20-16-24/h7-8,11-12,15-16H,1-6,9-10,13-14H2,(H,21,25)(H,22,26). The highest BCUT2D eigenvalue weighted by atomic mass is 32.2. The van der Waals surface area contributed by atoms with Crippen LogP contribution in [-0.4, -0.2) is 55.5 Å². The Kier molecular flexibility index (Phi) is 10.1. The van der Waals surface area contributed by atoms with E-state index in [1.807, 2.05) is 21.5 Å². The molecule has 2 N–H and O–H groups in total. The molecular weight excluding hydrogens is 364 g/mol. The molecule has 0 spiro atoms. The van der Waals surface area contributed by atoms with Gasteiger partial charge in [0, 0.05) is 75.3 Å². The molecule has 9 heteroatoms. The predicted octanol–water partition coefficient (Wildman–Crippen LogP) is 1.31. The highest BCUT2D eigenvalue weighted by Crippen LogP contribution is 2.04. The monoisotopic (exact) mass is 392 g/mol. The fourth-order valence-electron chi connectivity index (χ4n) is 2.43. The molecule has 0 saturated heterocycles. The SMILES string of the molecule is O=C(CCSCCC(=O)NCCCn1ccnc1)NCCCn1ccnc1. The Labute approximate surface area is 164 Å². The third kappa shape index (κ3) is 9.83. The zero-order valence-corrected chi connectivity index (χ0v) is 16.4. The van der Waals surface area contributed by atoms with Crippen molar-refractivity contribution < 1.29 is 9.59 Å². The topological polar surface area (TPSA) is 93.8 Å². The average molecular weight is 393 g/mol. The van der Waals surface area contributed by atoms with Gasteiger partial charge in [0.2, 0.25) is 11.8 Å². The normalized spacial score (nSPS) is 10.7. The maximum absolute atomic E-state index is 11.7. The third-order valence-corrected chi connectivity index (χ3v) is 4.88. The number of nitrogens with zero attached hydrogens (tertiary/aromatic N) is 4. The Morgan fingerprint density at radius 3 is 1.70 bits per heavy atom. The van der Waals surface area contributed by atoms with Gasteiger partial charge in [-0.3, -0.25) is 9.59 Å². The summed E-state index contributed by atoms with van der Waals surface area (Å²) in [6, 6.07) is 0. The van der Waals surface area contributed by atoms with Crippen molar-refractivity contribution in [2.75, 3.05) is 24.6 Å². The van der Waals surface area contributed by atoms with Crippen LogP contribution in [0.2, 0.25) is 0 Å². The summed E-state index contributed by atoms with van der Waals surface area (Å²) >= 11 is 1.64. The highest BCUT2D eigenvalue weighted by Gasteiger charge is 2.03. The van der Waals surface area contributed by atoms with Crippen LogP contribution in [0.3, 0.4) is 0 Å². The van der Waals surface area contributed by atoms with E-state index in [0.29, 0.717) is 25.9 Å². The number of amides is 2. The number of aromatic nitrogens is 4. The van der Waals surface area contributed by atoms with E-state index in [1.165, 1.54) is 0 Å². The van der Waals surface area contributed by atoms with Crippen molar-refractivity contribution in [1.82, 2.24) is 29.7 Å². The molecule has 0 fully saturated rings. The van der Waals surface area contributed by atoms with Crippen LogP contribution in [0.4, 0.5) is 0 Å². The highest BCUT2D eigenvalue weighted by molar-refractivity contribution is 7.99. The zero-order valence-electron chi connectivity index (χ0n) is 15.5. The summed E-state index contributed by atoms with van der Waals surface area (Å²) < 4.78 is 3.98. The van der Waals surface area contributed by atoms with E-state index >= 15 is 0 Å². The number of carbonyl (C=O) groups is 2. The molecule has 2 heterocycles. The van der Waals surface area contributed by atoms with E-state index in [-0.39, 0.29) is 11.8 Å². The number of rotatable bonds is 14. The Bertz CT molecular complexity index is 589. The van der Waals surface area contributed by atoms with Crippen LogP contribution in [0.1, 0.15) is 25.7 Å². The number of hydrogen-bond donors (Lipinski definition) is 2. The van der Waals surface area contributed by atoms with Crippen molar-refractivity contribution in [3.8, 4) is 0 Å². The first-order valence-corrected chi connectivity index (χ1v) is 10.4. The number of thioether (sulfide) groups is 1. The lowest BCUT2D eigenvalue weighted by molar-refractivity contribution is -0.121. The van der Waals surface area contributed by atoms with Crippen LogP contribution < -0.4 is 10.6 Å². The Morgan fingerprint density at radius 2 is 1.30 bits per heavy atom. The average Bonchev–Trinajstić information content (AvgIpc) is 3.36. The molecule has 8 nitrogen and oxygen atoms in total. The van der Waals surface area contributed by atoms with Crippen molar-refractivity contribution in [3.63, 3.8) is 0 Å². The van der Waals surface area contributed by atoms with Crippen molar-refractivity contribution in [2.24, 2.45) is 0 Å². The van der Waals surface area contributed by atoms with Crippen LogP contribution in [0, 0.1) is 0 Å². The van der Waals surface area contributed by atoms with Crippen molar-refractivity contribution >= 4 is 23.6 Å². The van der Waals surface area contributed by atoms with Gasteiger partial charge in [-0.05, 0) is 12.8 Å². The summed E-state index contributed by atoms with van der Waals surface area (Å²) in [6.07, 6.45) is 13.6. The summed E-state index contributed by atoms with van der Waals surface area (Å²) in [5.41, 5.74) is 0. The third-order valence-electron chi connectivity index (χ3n) is 3.90. The quantitative estimate of drug-likeness (QED) is 0.473. The van der Waals surface area contributed by atoms with Gasteiger partial charge in [0.25, 0.3) is 0 Å². The van der Waals surface area contributed by atoms with Gasteiger partial charge in [0.05, 0.1) is 12.7 Å². The molecule has 2 amide bonds. The Balaban J connectivity index is 1.36. The molecule has 0 bridgehead atoms. The molecule has 27 heavy (non-hydrogen) atoms. The van der Waals surface area contributed by atoms with Crippen molar-refractivity contribution in [2.45, 2.75) is 38.8 Å². The van der Waals surface area contributed by atoms with Gasteiger partial charge in [0.1, 0.15) is 0 Å². The molecule has 0 aromatic carbocycles. The largest absolute Gasteiger partial charge is 0.356 e. The molecule has 0 aliphatic heterocycles. The van der Waals surface area contributed by atoms with E-state index in [1.54, 1.807) is 36.8 Å². The minimum absolute atomic E-state index is 0.0667. The number of nitrogens with one attached hydrogen (secondary N) is 2. The van der Waals surface area contributed by atoms with Crippen molar-refractivity contribution in [1.29, 1.82) is 0 Å². The molecule has 0 aliphatic rings. The van der Waals surface area contributed by atoms with Crippen molar-refractivity contribution in [3.05, 3.63) is 37.4 Å².